The first-order chi connectivity index (χ1) is 11.5. The summed E-state index contributed by atoms with van der Waals surface area (Å²) >= 11 is 0. The summed E-state index contributed by atoms with van der Waals surface area (Å²) in [5.41, 5.74) is 3.10. The highest BCUT2D eigenvalue weighted by atomic mass is 32.2. The van der Waals surface area contributed by atoms with E-state index in [0.29, 0.717) is 18.0 Å². The minimum atomic E-state index is -3.41. The fourth-order valence-electron chi connectivity index (χ4n) is 3.10. The lowest BCUT2D eigenvalue weighted by Crippen LogP contribution is -2.48. The molecular weight excluding hydrogens is 322 g/mol. The van der Waals surface area contributed by atoms with Crippen molar-refractivity contribution in [1.82, 2.24) is 14.2 Å². The molecule has 0 saturated carbocycles. The Kier molecular flexibility index (Phi) is 4.99. The molecule has 0 atom stereocenters. The Bertz CT molecular complexity index is 798. The second kappa shape index (κ2) is 7.01. The van der Waals surface area contributed by atoms with Crippen LogP contribution in [0, 0.1) is 13.8 Å². The second-order valence-electron chi connectivity index (χ2n) is 6.30. The van der Waals surface area contributed by atoms with Crippen molar-refractivity contribution in [3.8, 4) is 0 Å². The standard InChI is InChI=1S/C18H23N3O2S/c1-15-3-4-18(16(2)13-15)24(22,23)21-11-9-20(10-12-21)14-17-5-7-19-8-6-17/h3-8,13H,9-12,14H2,1-2H3. The average Bonchev–Trinajstić information content (AvgIpc) is 2.56. The molecule has 0 bridgehead atoms. The summed E-state index contributed by atoms with van der Waals surface area (Å²) in [6.07, 6.45) is 3.58. The molecule has 128 valence electrons. The van der Waals surface area contributed by atoms with E-state index in [2.05, 4.69) is 9.88 Å². The summed E-state index contributed by atoms with van der Waals surface area (Å²) in [6, 6.07) is 9.51. The maximum atomic E-state index is 12.9. The Labute approximate surface area is 144 Å². The Balaban J connectivity index is 1.67. The molecule has 2 heterocycles. The molecule has 0 spiro atoms. The summed E-state index contributed by atoms with van der Waals surface area (Å²) < 4.78 is 27.4. The van der Waals surface area contributed by atoms with Crippen molar-refractivity contribution in [3.63, 3.8) is 0 Å². The van der Waals surface area contributed by atoms with Gasteiger partial charge in [0, 0.05) is 45.1 Å². The van der Waals surface area contributed by atoms with E-state index in [1.54, 1.807) is 22.8 Å². The van der Waals surface area contributed by atoms with Gasteiger partial charge in [0.05, 0.1) is 4.90 Å². The number of rotatable bonds is 4. The van der Waals surface area contributed by atoms with Crippen molar-refractivity contribution in [1.29, 1.82) is 0 Å². The van der Waals surface area contributed by atoms with Gasteiger partial charge in [-0.05, 0) is 43.2 Å². The van der Waals surface area contributed by atoms with Crippen LogP contribution < -0.4 is 0 Å². The molecule has 24 heavy (non-hydrogen) atoms. The fourth-order valence-corrected chi connectivity index (χ4v) is 4.73. The van der Waals surface area contributed by atoms with Gasteiger partial charge in [0.15, 0.2) is 0 Å². The van der Waals surface area contributed by atoms with Crippen LogP contribution in [0.4, 0.5) is 0 Å². The van der Waals surface area contributed by atoms with Crippen molar-refractivity contribution >= 4 is 10.0 Å². The SMILES string of the molecule is Cc1ccc(S(=O)(=O)N2CCN(Cc3ccncc3)CC2)c(C)c1. The quantitative estimate of drug-likeness (QED) is 0.852. The third-order valence-corrected chi connectivity index (χ3v) is 6.49. The molecule has 1 aliphatic rings. The van der Waals surface area contributed by atoms with Gasteiger partial charge in [0.1, 0.15) is 0 Å². The van der Waals surface area contributed by atoms with Crippen LogP contribution in [-0.2, 0) is 16.6 Å². The van der Waals surface area contributed by atoms with E-state index in [-0.39, 0.29) is 0 Å². The first kappa shape index (κ1) is 17.1. The number of hydrogen-bond donors (Lipinski definition) is 0. The van der Waals surface area contributed by atoms with Crippen LogP contribution in [0.5, 0.6) is 0 Å². The summed E-state index contributed by atoms with van der Waals surface area (Å²) in [7, 11) is -3.41. The van der Waals surface area contributed by atoms with E-state index in [0.717, 1.165) is 30.8 Å². The highest BCUT2D eigenvalue weighted by molar-refractivity contribution is 7.89. The summed E-state index contributed by atoms with van der Waals surface area (Å²) in [5, 5.41) is 0. The molecule has 0 radical (unpaired) electrons. The van der Waals surface area contributed by atoms with E-state index >= 15 is 0 Å². The van der Waals surface area contributed by atoms with E-state index in [1.807, 2.05) is 38.1 Å². The lowest BCUT2D eigenvalue weighted by atomic mass is 10.2. The van der Waals surface area contributed by atoms with Crippen molar-refractivity contribution in [2.45, 2.75) is 25.3 Å². The number of pyridine rings is 1. The van der Waals surface area contributed by atoms with Gasteiger partial charge in [0.25, 0.3) is 0 Å². The average molecular weight is 345 g/mol. The molecule has 0 amide bonds. The zero-order valence-corrected chi connectivity index (χ0v) is 15.0. The topological polar surface area (TPSA) is 53.5 Å². The van der Waals surface area contributed by atoms with E-state index in [1.165, 1.54) is 5.56 Å². The lowest BCUT2D eigenvalue weighted by Gasteiger charge is -2.34. The minimum Gasteiger partial charge on any atom is -0.296 e. The van der Waals surface area contributed by atoms with Crippen LogP contribution in [0.2, 0.25) is 0 Å². The monoisotopic (exact) mass is 345 g/mol. The molecule has 0 N–H and O–H groups in total. The Hall–Kier alpha value is -1.76. The van der Waals surface area contributed by atoms with Gasteiger partial charge in [-0.15, -0.1) is 0 Å². The van der Waals surface area contributed by atoms with Crippen molar-refractivity contribution in [3.05, 3.63) is 59.4 Å². The smallest absolute Gasteiger partial charge is 0.243 e. The Morgan fingerprint density at radius 3 is 2.29 bits per heavy atom. The van der Waals surface area contributed by atoms with Gasteiger partial charge in [-0.25, -0.2) is 8.42 Å². The first-order valence-electron chi connectivity index (χ1n) is 8.15. The highest BCUT2D eigenvalue weighted by Gasteiger charge is 2.29. The van der Waals surface area contributed by atoms with Gasteiger partial charge in [-0.3, -0.25) is 9.88 Å². The number of piperazine rings is 1. The van der Waals surface area contributed by atoms with Crippen LogP contribution in [0.1, 0.15) is 16.7 Å². The van der Waals surface area contributed by atoms with Crippen molar-refractivity contribution < 1.29 is 8.42 Å². The van der Waals surface area contributed by atoms with E-state index in [9.17, 15) is 8.42 Å². The molecule has 1 saturated heterocycles. The van der Waals surface area contributed by atoms with Crippen LogP contribution >= 0.6 is 0 Å². The summed E-state index contributed by atoms with van der Waals surface area (Å²) in [5.74, 6) is 0. The van der Waals surface area contributed by atoms with E-state index in [4.69, 9.17) is 0 Å². The van der Waals surface area contributed by atoms with Crippen LogP contribution in [0.15, 0.2) is 47.6 Å². The second-order valence-corrected chi connectivity index (χ2v) is 8.21. The molecule has 0 aliphatic carbocycles. The molecule has 6 heteroatoms. The van der Waals surface area contributed by atoms with Gasteiger partial charge < -0.3 is 0 Å². The zero-order chi connectivity index (χ0) is 17.2. The predicted octanol–water partition coefficient (Wildman–Crippen LogP) is 2.20. The zero-order valence-electron chi connectivity index (χ0n) is 14.1. The molecule has 5 nitrogen and oxygen atoms in total. The Morgan fingerprint density at radius 1 is 1.00 bits per heavy atom. The maximum Gasteiger partial charge on any atom is 0.243 e. The van der Waals surface area contributed by atoms with Crippen LogP contribution in [-0.4, -0.2) is 48.8 Å². The lowest BCUT2D eigenvalue weighted by molar-refractivity contribution is 0.181. The Morgan fingerprint density at radius 2 is 1.67 bits per heavy atom. The molecule has 3 rings (SSSR count). The van der Waals surface area contributed by atoms with Gasteiger partial charge >= 0.3 is 0 Å². The van der Waals surface area contributed by atoms with Gasteiger partial charge in [0.2, 0.25) is 10.0 Å². The van der Waals surface area contributed by atoms with Gasteiger partial charge in [-0.1, -0.05) is 17.7 Å². The number of aryl methyl sites for hydroxylation is 2. The molecule has 1 aromatic carbocycles. The highest BCUT2D eigenvalue weighted by Crippen LogP contribution is 2.22. The van der Waals surface area contributed by atoms with E-state index < -0.39 is 10.0 Å². The molecular formula is C18H23N3O2S. The van der Waals surface area contributed by atoms with Crippen LogP contribution in [0.25, 0.3) is 0 Å². The van der Waals surface area contributed by atoms with Gasteiger partial charge in [-0.2, -0.15) is 4.31 Å². The fraction of sp³-hybridized carbons (Fsp3) is 0.389. The van der Waals surface area contributed by atoms with Crippen LogP contribution in [0.3, 0.4) is 0 Å². The molecule has 1 fully saturated rings. The molecule has 1 aromatic heterocycles. The number of sulfonamides is 1. The van der Waals surface area contributed by atoms with Crippen molar-refractivity contribution in [2.24, 2.45) is 0 Å². The minimum absolute atomic E-state index is 0.427. The maximum absolute atomic E-state index is 12.9. The summed E-state index contributed by atoms with van der Waals surface area (Å²) in [6.45, 7) is 7.21. The molecule has 2 aromatic rings. The summed E-state index contributed by atoms with van der Waals surface area (Å²) in [4.78, 5) is 6.73. The number of aromatic nitrogens is 1. The largest absolute Gasteiger partial charge is 0.296 e. The third kappa shape index (κ3) is 3.66. The third-order valence-electron chi connectivity index (χ3n) is 4.44. The first-order valence-corrected chi connectivity index (χ1v) is 9.59. The molecule has 0 unspecified atom stereocenters. The number of hydrogen-bond acceptors (Lipinski definition) is 4. The normalized spacial score (nSPS) is 17.1. The predicted molar refractivity (Wildman–Crippen MR) is 94.2 cm³/mol. The number of benzene rings is 1. The number of nitrogens with zero attached hydrogens (tertiary/aromatic N) is 3. The van der Waals surface area contributed by atoms with Crippen molar-refractivity contribution in [2.75, 3.05) is 26.2 Å². The molecule has 1 aliphatic heterocycles.